The van der Waals surface area contributed by atoms with Crippen molar-refractivity contribution in [3.8, 4) is 0 Å². The predicted octanol–water partition coefficient (Wildman–Crippen LogP) is 3.33. The lowest BCUT2D eigenvalue weighted by atomic mass is 10.2. The molecule has 0 bridgehead atoms. The van der Waals surface area contributed by atoms with Gasteiger partial charge in [0.1, 0.15) is 4.83 Å². The molecule has 0 atom stereocenters. The minimum absolute atomic E-state index is 0.0818. The van der Waals surface area contributed by atoms with Gasteiger partial charge >= 0.3 is 0 Å². The molecule has 0 radical (unpaired) electrons. The molecule has 1 aromatic carbocycles. The van der Waals surface area contributed by atoms with Gasteiger partial charge in [-0.25, -0.2) is 4.98 Å². The average molecular weight is 401 g/mol. The van der Waals surface area contributed by atoms with E-state index in [0.717, 1.165) is 18.8 Å². The zero-order chi connectivity index (χ0) is 18.8. The summed E-state index contributed by atoms with van der Waals surface area (Å²) in [6.07, 6.45) is 2.48. The number of carbonyl (C=O) groups is 1. The first-order chi connectivity index (χ1) is 13.1. The Kier molecular flexibility index (Phi) is 5.18. The molecule has 0 unspecified atom stereocenters. The zero-order valence-corrected chi connectivity index (χ0v) is 16.6. The second kappa shape index (κ2) is 7.74. The number of hydrogen-bond donors (Lipinski definition) is 1. The Morgan fingerprint density at radius 2 is 1.96 bits per heavy atom. The number of nitrogens with one attached hydrogen (secondary N) is 1. The van der Waals surface area contributed by atoms with E-state index >= 15 is 0 Å². The van der Waals surface area contributed by atoms with Crippen LogP contribution in [-0.4, -0.2) is 34.3 Å². The van der Waals surface area contributed by atoms with Gasteiger partial charge in [0.2, 0.25) is 5.91 Å². The summed E-state index contributed by atoms with van der Waals surface area (Å²) in [5.41, 5.74) is 1.89. The van der Waals surface area contributed by atoms with Crippen LogP contribution in [0, 0.1) is 0 Å². The molecule has 1 aliphatic heterocycles. The van der Waals surface area contributed by atoms with Crippen molar-refractivity contribution in [3.05, 3.63) is 46.1 Å². The van der Waals surface area contributed by atoms with Crippen molar-refractivity contribution in [2.24, 2.45) is 7.05 Å². The Morgan fingerprint density at radius 3 is 2.70 bits per heavy atom. The third-order valence-corrected chi connectivity index (χ3v) is 6.46. The third-order valence-electron chi connectivity index (χ3n) is 4.62. The van der Waals surface area contributed by atoms with Crippen molar-refractivity contribution in [1.29, 1.82) is 0 Å². The van der Waals surface area contributed by atoms with Gasteiger partial charge in [-0.15, -0.1) is 11.3 Å². The maximum Gasteiger partial charge on any atom is 0.262 e. The standard InChI is InChI=1S/C19H20N4O2S2/c1-22-18(25)15-8-11-26-17(15)21-19(22)27-12-16(24)20-13-4-6-14(7-5-13)23-9-2-3-10-23/h4-8,11H,2-3,9-10,12H2,1H3,(H,20,24). The lowest BCUT2D eigenvalue weighted by Crippen LogP contribution is -2.21. The van der Waals surface area contributed by atoms with Crippen molar-refractivity contribution in [3.63, 3.8) is 0 Å². The smallest absolute Gasteiger partial charge is 0.262 e. The van der Waals surface area contributed by atoms with Crippen molar-refractivity contribution in [2.75, 3.05) is 29.1 Å². The van der Waals surface area contributed by atoms with Crippen LogP contribution in [0.5, 0.6) is 0 Å². The monoisotopic (exact) mass is 400 g/mol. The van der Waals surface area contributed by atoms with E-state index in [2.05, 4.69) is 15.2 Å². The van der Waals surface area contributed by atoms with Crippen molar-refractivity contribution in [1.82, 2.24) is 9.55 Å². The second-order valence-corrected chi connectivity index (χ2v) is 8.31. The van der Waals surface area contributed by atoms with Gasteiger partial charge in [0, 0.05) is 31.5 Å². The van der Waals surface area contributed by atoms with Crippen LogP contribution in [0.4, 0.5) is 11.4 Å². The van der Waals surface area contributed by atoms with E-state index in [1.54, 1.807) is 13.1 Å². The minimum Gasteiger partial charge on any atom is -0.372 e. The highest BCUT2D eigenvalue weighted by atomic mass is 32.2. The summed E-state index contributed by atoms with van der Waals surface area (Å²) < 4.78 is 1.50. The molecule has 1 saturated heterocycles. The molecule has 1 fully saturated rings. The van der Waals surface area contributed by atoms with E-state index < -0.39 is 0 Å². The quantitative estimate of drug-likeness (QED) is 0.526. The number of amides is 1. The number of benzene rings is 1. The number of nitrogens with zero attached hydrogens (tertiary/aromatic N) is 3. The Labute approximate surface area is 165 Å². The average Bonchev–Trinajstić information content (AvgIpc) is 3.36. The summed E-state index contributed by atoms with van der Waals surface area (Å²) in [6.45, 7) is 2.20. The topological polar surface area (TPSA) is 67.2 Å². The summed E-state index contributed by atoms with van der Waals surface area (Å²) in [5.74, 6) is 0.0832. The van der Waals surface area contributed by atoms with Gasteiger partial charge < -0.3 is 10.2 Å². The predicted molar refractivity (Wildman–Crippen MR) is 112 cm³/mol. The van der Waals surface area contributed by atoms with Gasteiger partial charge in [-0.1, -0.05) is 11.8 Å². The molecular formula is C19H20N4O2S2. The van der Waals surface area contributed by atoms with Gasteiger partial charge in [-0.05, 0) is 48.6 Å². The van der Waals surface area contributed by atoms with Crippen LogP contribution in [0.25, 0.3) is 10.2 Å². The van der Waals surface area contributed by atoms with E-state index in [0.29, 0.717) is 15.4 Å². The SMILES string of the molecule is Cn1c(SCC(=O)Nc2ccc(N3CCCC3)cc2)nc2sccc2c1=O. The Bertz CT molecular complexity index is 1020. The third kappa shape index (κ3) is 3.86. The highest BCUT2D eigenvalue weighted by Gasteiger charge is 2.13. The van der Waals surface area contributed by atoms with Crippen molar-refractivity contribution < 1.29 is 4.79 Å². The van der Waals surface area contributed by atoms with E-state index in [9.17, 15) is 9.59 Å². The number of aromatic nitrogens is 2. The Balaban J connectivity index is 1.38. The first-order valence-electron chi connectivity index (χ1n) is 8.84. The minimum atomic E-state index is -0.116. The molecule has 8 heteroatoms. The summed E-state index contributed by atoms with van der Waals surface area (Å²) in [4.78, 5) is 32.1. The zero-order valence-electron chi connectivity index (χ0n) is 15.0. The van der Waals surface area contributed by atoms with E-state index in [1.807, 2.05) is 29.6 Å². The Hall–Kier alpha value is -2.32. The highest BCUT2D eigenvalue weighted by molar-refractivity contribution is 7.99. The molecule has 2 aromatic heterocycles. The van der Waals surface area contributed by atoms with E-state index in [4.69, 9.17) is 0 Å². The van der Waals surface area contributed by atoms with E-state index in [-0.39, 0.29) is 17.2 Å². The second-order valence-electron chi connectivity index (χ2n) is 6.48. The molecule has 27 heavy (non-hydrogen) atoms. The van der Waals surface area contributed by atoms with Crippen LogP contribution in [0.15, 0.2) is 45.7 Å². The number of fused-ring (bicyclic) bond motifs is 1. The largest absolute Gasteiger partial charge is 0.372 e. The summed E-state index contributed by atoms with van der Waals surface area (Å²) in [7, 11) is 1.68. The number of hydrogen-bond acceptors (Lipinski definition) is 6. The molecule has 6 nitrogen and oxygen atoms in total. The maximum absolute atomic E-state index is 12.3. The number of carbonyl (C=O) groups excluding carboxylic acids is 1. The van der Waals surface area contributed by atoms with Crippen molar-refractivity contribution in [2.45, 2.75) is 18.0 Å². The van der Waals surface area contributed by atoms with E-state index in [1.165, 1.54) is 46.2 Å². The molecule has 0 aliphatic carbocycles. The van der Waals surface area contributed by atoms with Gasteiger partial charge in [0.25, 0.3) is 5.56 Å². The molecular weight excluding hydrogens is 380 g/mol. The van der Waals surface area contributed by atoms with Crippen LogP contribution >= 0.6 is 23.1 Å². The summed E-state index contributed by atoms with van der Waals surface area (Å²) in [6, 6.07) is 9.74. The van der Waals surface area contributed by atoms with Crippen LogP contribution < -0.4 is 15.8 Å². The molecule has 1 amide bonds. The van der Waals surface area contributed by atoms with Gasteiger partial charge in [0.05, 0.1) is 11.1 Å². The van der Waals surface area contributed by atoms with Crippen LogP contribution in [-0.2, 0) is 11.8 Å². The van der Waals surface area contributed by atoms with Gasteiger partial charge in [-0.3, -0.25) is 14.2 Å². The summed E-state index contributed by atoms with van der Waals surface area (Å²) >= 11 is 2.70. The molecule has 1 aliphatic rings. The number of rotatable bonds is 5. The normalized spacial score (nSPS) is 14.0. The molecule has 0 saturated carbocycles. The van der Waals surface area contributed by atoms with Gasteiger partial charge in [0.15, 0.2) is 5.16 Å². The molecule has 3 heterocycles. The summed E-state index contributed by atoms with van der Waals surface area (Å²) in [5, 5.41) is 5.93. The number of thiophene rings is 1. The Morgan fingerprint density at radius 1 is 1.22 bits per heavy atom. The van der Waals surface area contributed by atoms with Crippen molar-refractivity contribution >= 4 is 50.6 Å². The van der Waals surface area contributed by atoms with Gasteiger partial charge in [-0.2, -0.15) is 0 Å². The first-order valence-corrected chi connectivity index (χ1v) is 10.7. The number of thioether (sulfide) groups is 1. The molecule has 3 aromatic rings. The fourth-order valence-electron chi connectivity index (χ4n) is 3.17. The molecule has 140 valence electrons. The molecule has 4 rings (SSSR count). The lowest BCUT2D eigenvalue weighted by Gasteiger charge is -2.17. The first kappa shape index (κ1) is 18.1. The maximum atomic E-state index is 12.3. The lowest BCUT2D eigenvalue weighted by molar-refractivity contribution is -0.113. The van der Waals surface area contributed by atoms with Crippen LogP contribution in [0.3, 0.4) is 0 Å². The number of anilines is 2. The molecule has 1 N–H and O–H groups in total. The fourth-order valence-corrected chi connectivity index (χ4v) is 4.74. The fraction of sp³-hybridized carbons (Fsp3) is 0.316. The van der Waals surface area contributed by atoms with Crippen LogP contribution in [0.2, 0.25) is 0 Å². The highest BCUT2D eigenvalue weighted by Crippen LogP contribution is 2.23. The molecule has 0 spiro atoms. The van der Waals surface area contributed by atoms with Crippen LogP contribution in [0.1, 0.15) is 12.8 Å².